The molecule has 4 heteroatoms. The first kappa shape index (κ1) is 9.10. The lowest BCUT2D eigenvalue weighted by atomic mass is 10.8. The second kappa shape index (κ2) is 8.82. The SMILES string of the molecule is N.O=NCCO. The fraction of sp³-hybridized carbons (Fsp3) is 1.00. The Hall–Kier alpha value is -0.480. The number of aliphatic hydroxyl groups excluding tert-OH is 1. The fourth-order valence-electron chi connectivity index (χ4n) is 0.0408. The van der Waals surface area contributed by atoms with Crippen molar-refractivity contribution in [3.63, 3.8) is 0 Å². The van der Waals surface area contributed by atoms with E-state index >= 15 is 0 Å². The van der Waals surface area contributed by atoms with Crippen molar-refractivity contribution in [2.24, 2.45) is 5.18 Å². The van der Waals surface area contributed by atoms with E-state index < -0.39 is 0 Å². The third kappa shape index (κ3) is 9.68. The zero-order valence-electron chi connectivity index (χ0n) is 3.42. The summed E-state index contributed by atoms with van der Waals surface area (Å²) in [6.07, 6.45) is 0. The topological polar surface area (TPSA) is 84.7 Å². The molecule has 0 saturated carbocycles. The van der Waals surface area contributed by atoms with Crippen LogP contribution in [-0.4, -0.2) is 18.3 Å². The molecule has 4 nitrogen and oxygen atoms in total. The molecule has 0 amide bonds. The number of hydrogen-bond donors (Lipinski definition) is 2. The molecular weight excluding hydrogens is 84.0 g/mol. The molecule has 0 rings (SSSR count). The first-order valence-corrected chi connectivity index (χ1v) is 1.32. The van der Waals surface area contributed by atoms with Crippen LogP contribution in [0.5, 0.6) is 0 Å². The van der Waals surface area contributed by atoms with E-state index in [4.69, 9.17) is 10.0 Å². The number of rotatable bonds is 2. The van der Waals surface area contributed by atoms with Crippen LogP contribution in [0, 0.1) is 4.91 Å². The fourth-order valence-corrected chi connectivity index (χ4v) is 0.0408. The van der Waals surface area contributed by atoms with Gasteiger partial charge in [-0.15, -0.1) is 0 Å². The van der Waals surface area contributed by atoms with Gasteiger partial charge in [-0.1, -0.05) is 5.18 Å². The lowest BCUT2D eigenvalue weighted by Gasteiger charge is -1.69. The Balaban J connectivity index is 0. The Kier molecular flexibility index (Phi) is 13.4. The Morgan fingerprint density at radius 1 is 1.67 bits per heavy atom. The van der Waals surface area contributed by atoms with Crippen LogP contribution in [-0.2, 0) is 0 Å². The average molecular weight is 92.1 g/mol. The smallest absolute Gasteiger partial charge is 0.104 e. The Morgan fingerprint density at radius 3 is 2.17 bits per heavy atom. The first-order chi connectivity index (χ1) is 2.41. The number of aliphatic hydroxyl groups is 1. The van der Waals surface area contributed by atoms with Crippen LogP contribution in [0.4, 0.5) is 0 Å². The van der Waals surface area contributed by atoms with Gasteiger partial charge in [-0.25, -0.2) is 0 Å². The van der Waals surface area contributed by atoms with E-state index in [0.717, 1.165) is 0 Å². The van der Waals surface area contributed by atoms with Crippen molar-refractivity contribution in [3.8, 4) is 0 Å². The van der Waals surface area contributed by atoms with Crippen molar-refractivity contribution in [1.29, 1.82) is 0 Å². The maximum absolute atomic E-state index is 8.99. The molecule has 38 valence electrons. The minimum atomic E-state index is -0.135. The van der Waals surface area contributed by atoms with E-state index in [1.54, 1.807) is 0 Å². The molecule has 4 N–H and O–H groups in total. The van der Waals surface area contributed by atoms with Crippen LogP contribution in [0.3, 0.4) is 0 Å². The molecule has 0 unspecified atom stereocenters. The summed E-state index contributed by atoms with van der Waals surface area (Å²) < 4.78 is 0. The third-order valence-corrected chi connectivity index (χ3v) is 0.191. The molecule has 0 aliphatic heterocycles. The van der Waals surface area contributed by atoms with Crippen LogP contribution < -0.4 is 6.15 Å². The molecule has 0 saturated heterocycles. The zero-order chi connectivity index (χ0) is 4.12. The quantitative estimate of drug-likeness (QED) is 0.466. The Labute approximate surface area is 35.7 Å². The molecule has 0 spiro atoms. The summed E-state index contributed by atoms with van der Waals surface area (Å²) in [5.41, 5.74) is 0. The predicted octanol–water partition coefficient (Wildman–Crippen LogP) is -0.0929. The summed E-state index contributed by atoms with van der Waals surface area (Å²) in [7, 11) is 0. The van der Waals surface area contributed by atoms with Gasteiger partial charge in [0.05, 0.1) is 6.61 Å². The van der Waals surface area contributed by atoms with E-state index in [1.807, 2.05) is 0 Å². The van der Waals surface area contributed by atoms with Gasteiger partial charge in [-0.05, 0) is 0 Å². The van der Waals surface area contributed by atoms with E-state index in [9.17, 15) is 0 Å². The van der Waals surface area contributed by atoms with Gasteiger partial charge in [-0.3, -0.25) is 0 Å². The molecule has 0 fully saturated rings. The van der Waals surface area contributed by atoms with Gasteiger partial charge in [0.1, 0.15) is 6.54 Å². The van der Waals surface area contributed by atoms with Gasteiger partial charge in [0.2, 0.25) is 0 Å². The average Bonchev–Trinajstić information content (AvgIpc) is 1.41. The minimum Gasteiger partial charge on any atom is -0.394 e. The van der Waals surface area contributed by atoms with Crippen molar-refractivity contribution >= 4 is 0 Å². The van der Waals surface area contributed by atoms with E-state index in [2.05, 4.69) is 5.18 Å². The van der Waals surface area contributed by atoms with E-state index in [-0.39, 0.29) is 19.3 Å². The van der Waals surface area contributed by atoms with Crippen molar-refractivity contribution < 1.29 is 5.11 Å². The second-order valence-electron chi connectivity index (χ2n) is 0.576. The summed E-state index contributed by atoms with van der Waals surface area (Å²) in [6, 6.07) is 0. The summed E-state index contributed by atoms with van der Waals surface area (Å²) in [5.74, 6) is 0. The standard InChI is InChI=1S/C2H5NO2.H3N/c4-2-1-3-5;/h4H,1-2H2;1H3. The molecule has 0 aromatic rings. The van der Waals surface area contributed by atoms with Crippen molar-refractivity contribution in [3.05, 3.63) is 4.91 Å². The van der Waals surface area contributed by atoms with Crippen LogP contribution in [0.1, 0.15) is 0 Å². The van der Waals surface area contributed by atoms with Gasteiger partial charge in [0.15, 0.2) is 0 Å². The normalized spacial score (nSPS) is 6.17. The van der Waals surface area contributed by atoms with E-state index in [0.29, 0.717) is 0 Å². The van der Waals surface area contributed by atoms with Crippen LogP contribution in [0.25, 0.3) is 0 Å². The molecule has 0 aliphatic rings. The van der Waals surface area contributed by atoms with Crippen LogP contribution >= 0.6 is 0 Å². The van der Waals surface area contributed by atoms with Gasteiger partial charge in [0.25, 0.3) is 0 Å². The van der Waals surface area contributed by atoms with Gasteiger partial charge < -0.3 is 11.3 Å². The molecule has 0 aromatic carbocycles. The van der Waals surface area contributed by atoms with Crippen LogP contribution in [0.15, 0.2) is 5.18 Å². The third-order valence-electron chi connectivity index (χ3n) is 0.191. The highest BCUT2D eigenvalue weighted by Gasteiger charge is 1.68. The summed E-state index contributed by atoms with van der Waals surface area (Å²) in [6.45, 7) is -0.122. The highest BCUT2D eigenvalue weighted by Crippen LogP contribution is 1.56. The first-order valence-electron chi connectivity index (χ1n) is 1.32. The number of nitrogens with zero attached hydrogens (tertiary/aromatic N) is 1. The Morgan fingerprint density at radius 2 is 2.17 bits per heavy atom. The maximum atomic E-state index is 8.99. The van der Waals surface area contributed by atoms with Gasteiger partial charge >= 0.3 is 0 Å². The van der Waals surface area contributed by atoms with Gasteiger partial charge in [0, 0.05) is 0 Å². The number of hydrogen-bond acceptors (Lipinski definition) is 4. The van der Waals surface area contributed by atoms with Crippen molar-refractivity contribution in [2.45, 2.75) is 0 Å². The molecular formula is C2H8N2O2. The van der Waals surface area contributed by atoms with Crippen LogP contribution in [0.2, 0.25) is 0 Å². The van der Waals surface area contributed by atoms with E-state index in [1.165, 1.54) is 0 Å². The molecule has 0 bridgehead atoms. The largest absolute Gasteiger partial charge is 0.394 e. The van der Waals surface area contributed by atoms with Crippen molar-refractivity contribution in [1.82, 2.24) is 6.15 Å². The number of nitroso groups, excluding NO2 is 1. The molecule has 0 radical (unpaired) electrons. The minimum absolute atomic E-state index is 0. The molecule has 6 heavy (non-hydrogen) atoms. The molecule has 0 atom stereocenters. The monoisotopic (exact) mass is 92.1 g/mol. The predicted molar refractivity (Wildman–Crippen MR) is 22.8 cm³/mol. The molecule has 0 aromatic heterocycles. The highest BCUT2D eigenvalue weighted by atomic mass is 16.3. The summed E-state index contributed by atoms with van der Waals surface area (Å²) in [4.78, 5) is 8.99. The second-order valence-corrected chi connectivity index (χ2v) is 0.576. The highest BCUT2D eigenvalue weighted by molar-refractivity contribution is 4.30. The molecule has 0 heterocycles. The molecule has 0 aliphatic carbocycles. The summed E-state index contributed by atoms with van der Waals surface area (Å²) in [5, 5.41) is 10.1. The summed E-state index contributed by atoms with van der Waals surface area (Å²) >= 11 is 0. The zero-order valence-corrected chi connectivity index (χ0v) is 3.42. The maximum Gasteiger partial charge on any atom is 0.104 e. The lowest BCUT2D eigenvalue weighted by molar-refractivity contribution is 0.306. The Bertz CT molecular complexity index is 30.7. The lowest BCUT2D eigenvalue weighted by Crippen LogP contribution is -1.82. The van der Waals surface area contributed by atoms with Crippen molar-refractivity contribution in [2.75, 3.05) is 13.2 Å². The van der Waals surface area contributed by atoms with Gasteiger partial charge in [-0.2, -0.15) is 4.91 Å².